The molecule has 4 rings (SSSR count). The molecule has 1 aliphatic heterocycles. The standard InChI is InChI=1S/C26H33N5O8S3/c1-16(2)11-12-26(31-41(36,37)14-13-27-3)19-8-6-5-7-18(19)23(32)22(24(26)33)25-28-20-10-9-17(29-40(4,34)35)15-21(20)42(38,39)30-25/h5-10,15-16,22,27,29,31H,11-14H2,1-4H3,(H,28,30). The van der Waals surface area contributed by atoms with E-state index in [4.69, 9.17) is 0 Å². The average Bonchev–Trinajstić information content (AvgIpc) is 2.88. The third-order valence-electron chi connectivity index (χ3n) is 6.96. The second-order valence-corrected chi connectivity index (χ2v) is 15.9. The van der Waals surface area contributed by atoms with Gasteiger partial charge in [0, 0.05) is 17.8 Å². The molecule has 2 aromatic rings. The van der Waals surface area contributed by atoms with Crippen molar-refractivity contribution >= 4 is 58.8 Å². The predicted octanol–water partition coefficient (Wildman–Crippen LogP) is 1.42. The van der Waals surface area contributed by atoms with Gasteiger partial charge in [0.25, 0.3) is 10.0 Å². The van der Waals surface area contributed by atoms with Crippen LogP contribution in [-0.2, 0) is 40.4 Å². The maximum Gasteiger partial charge on any atom is 0.286 e. The highest BCUT2D eigenvalue weighted by Gasteiger charge is 2.55. The molecule has 13 nitrogen and oxygen atoms in total. The van der Waals surface area contributed by atoms with E-state index in [0.717, 1.165) is 12.3 Å². The lowest BCUT2D eigenvalue weighted by Crippen LogP contribution is -2.61. The van der Waals surface area contributed by atoms with Crippen LogP contribution in [0.3, 0.4) is 0 Å². The van der Waals surface area contributed by atoms with Crippen LogP contribution in [0.1, 0.15) is 42.6 Å². The highest BCUT2D eigenvalue weighted by molar-refractivity contribution is 7.92. The van der Waals surface area contributed by atoms with Gasteiger partial charge in [0.2, 0.25) is 20.0 Å². The van der Waals surface area contributed by atoms with E-state index in [0.29, 0.717) is 6.42 Å². The van der Waals surface area contributed by atoms with Gasteiger partial charge in [0.1, 0.15) is 22.2 Å². The molecule has 228 valence electrons. The summed E-state index contributed by atoms with van der Waals surface area (Å²) in [5.74, 6) is -4.10. The number of carbonyl (C=O) groups excluding carboxylic acids is 2. The van der Waals surface area contributed by atoms with E-state index in [1.165, 1.54) is 24.3 Å². The lowest BCUT2D eigenvalue weighted by Gasteiger charge is -2.41. The number of rotatable bonds is 11. The molecule has 0 saturated carbocycles. The molecule has 0 saturated heterocycles. The molecule has 2 aliphatic rings. The highest BCUT2D eigenvalue weighted by atomic mass is 32.2. The minimum absolute atomic E-state index is 0.0141. The van der Waals surface area contributed by atoms with Crippen LogP contribution >= 0.6 is 0 Å². The summed E-state index contributed by atoms with van der Waals surface area (Å²) >= 11 is 0. The highest BCUT2D eigenvalue weighted by Crippen LogP contribution is 2.42. The Kier molecular flexibility index (Phi) is 8.68. The number of nitrogens with one attached hydrogen (secondary N) is 4. The number of benzene rings is 2. The third-order valence-corrected chi connectivity index (χ3v) is 10.3. The molecule has 4 N–H and O–H groups in total. The first kappa shape index (κ1) is 31.7. The van der Waals surface area contributed by atoms with Crippen molar-refractivity contribution in [2.24, 2.45) is 16.2 Å². The lowest BCUT2D eigenvalue weighted by molar-refractivity contribution is -0.126. The van der Waals surface area contributed by atoms with E-state index in [9.17, 15) is 34.8 Å². The Hall–Kier alpha value is -3.18. The van der Waals surface area contributed by atoms with Gasteiger partial charge in [-0.15, -0.1) is 4.40 Å². The molecule has 42 heavy (non-hydrogen) atoms. The predicted molar refractivity (Wildman–Crippen MR) is 159 cm³/mol. The van der Waals surface area contributed by atoms with Crippen molar-refractivity contribution in [3.8, 4) is 0 Å². The van der Waals surface area contributed by atoms with Gasteiger partial charge < -0.3 is 10.6 Å². The minimum atomic E-state index is -4.51. The van der Waals surface area contributed by atoms with E-state index in [1.807, 2.05) is 13.8 Å². The normalized spacial score (nSPS) is 21.7. The zero-order valence-electron chi connectivity index (χ0n) is 23.5. The first-order valence-corrected chi connectivity index (χ1v) is 18.1. The smallest absolute Gasteiger partial charge is 0.286 e. The van der Waals surface area contributed by atoms with Gasteiger partial charge >= 0.3 is 0 Å². The van der Waals surface area contributed by atoms with Crippen molar-refractivity contribution < 1.29 is 34.8 Å². The summed E-state index contributed by atoms with van der Waals surface area (Å²) in [6.45, 7) is 3.93. The summed E-state index contributed by atoms with van der Waals surface area (Å²) in [5, 5.41) is 5.53. The summed E-state index contributed by atoms with van der Waals surface area (Å²) in [7, 11) is -10.7. The van der Waals surface area contributed by atoms with Crippen LogP contribution in [0.15, 0.2) is 51.8 Å². The SMILES string of the molecule is CNCCS(=O)(=O)NC1(CCC(C)C)C(=O)C(C2=NS(=O)(=O)c3cc(NS(C)(=O)=O)ccc3N2)C(=O)c2ccccc21. The molecular formula is C26H33N5O8S3. The quantitative estimate of drug-likeness (QED) is 0.261. The maximum absolute atomic E-state index is 14.5. The fraction of sp³-hybridized carbons (Fsp3) is 0.423. The van der Waals surface area contributed by atoms with E-state index >= 15 is 0 Å². The summed E-state index contributed by atoms with van der Waals surface area (Å²) in [5.41, 5.74) is -1.66. The number of carbonyl (C=O) groups is 2. The molecular weight excluding hydrogens is 607 g/mol. The van der Waals surface area contributed by atoms with E-state index in [2.05, 4.69) is 24.5 Å². The number of hydrogen-bond acceptors (Lipinski definition) is 10. The van der Waals surface area contributed by atoms with Gasteiger partial charge in [0.15, 0.2) is 11.6 Å². The molecule has 0 bridgehead atoms. The average molecular weight is 640 g/mol. The first-order valence-electron chi connectivity index (χ1n) is 13.1. The van der Waals surface area contributed by atoms with Gasteiger partial charge in [-0.3, -0.25) is 14.3 Å². The molecule has 2 atom stereocenters. The topological polar surface area (TPSA) is 197 Å². The second-order valence-electron chi connectivity index (χ2n) is 10.7. The molecule has 0 spiro atoms. The number of amidine groups is 1. The molecule has 16 heteroatoms. The monoisotopic (exact) mass is 639 g/mol. The van der Waals surface area contributed by atoms with E-state index in [1.54, 1.807) is 19.2 Å². The van der Waals surface area contributed by atoms with Gasteiger partial charge in [-0.2, -0.15) is 13.1 Å². The van der Waals surface area contributed by atoms with Crippen LogP contribution in [0, 0.1) is 11.8 Å². The van der Waals surface area contributed by atoms with Crippen molar-refractivity contribution in [1.82, 2.24) is 10.0 Å². The Morgan fingerprint density at radius 1 is 1.07 bits per heavy atom. The Bertz CT molecular complexity index is 1790. The van der Waals surface area contributed by atoms with Crippen LogP contribution in [-0.4, -0.2) is 68.3 Å². The Balaban J connectivity index is 1.87. The summed E-state index contributed by atoms with van der Waals surface area (Å²) in [6.07, 6.45) is 1.33. The summed E-state index contributed by atoms with van der Waals surface area (Å²) in [6, 6.07) is 9.84. The van der Waals surface area contributed by atoms with Gasteiger partial charge in [-0.25, -0.2) is 16.8 Å². The third kappa shape index (κ3) is 6.41. The number of nitrogens with zero attached hydrogens (tertiary/aromatic N) is 1. The summed E-state index contributed by atoms with van der Waals surface area (Å²) < 4.78 is 84.9. The largest absolute Gasteiger partial charge is 0.341 e. The number of hydrogen-bond donors (Lipinski definition) is 4. The van der Waals surface area contributed by atoms with Crippen molar-refractivity contribution in [3.05, 3.63) is 53.6 Å². The van der Waals surface area contributed by atoms with Crippen LogP contribution in [0.25, 0.3) is 0 Å². The van der Waals surface area contributed by atoms with Crippen molar-refractivity contribution in [3.63, 3.8) is 0 Å². The number of Topliss-reactive ketones (excluding diaryl/α,β-unsaturated/α-hetero) is 2. The van der Waals surface area contributed by atoms with Crippen LogP contribution < -0.4 is 20.1 Å². The van der Waals surface area contributed by atoms with Crippen LogP contribution in [0.5, 0.6) is 0 Å². The Morgan fingerprint density at radius 3 is 2.40 bits per heavy atom. The van der Waals surface area contributed by atoms with Crippen molar-refractivity contribution in [2.75, 3.05) is 35.6 Å². The zero-order chi connectivity index (χ0) is 31.1. The van der Waals surface area contributed by atoms with Gasteiger partial charge in [0.05, 0.1) is 17.7 Å². The number of sulfonamides is 3. The Morgan fingerprint density at radius 2 is 1.76 bits per heavy atom. The second kappa shape index (κ2) is 11.5. The minimum Gasteiger partial charge on any atom is -0.341 e. The molecule has 2 aromatic carbocycles. The van der Waals surface area contributed by atoms with Gasteiger partial charge in [-0.05, 0) is 49.6 Å². The van der Waals surface area contributed by atoms with Gasteiger partial charge in [-0.1, -0.05) is 38.1 Å². The van der Waals surface area contributed by atoms with Crippen molar-refractivity contribution in [2.45, 2.75) is 37.1 Å². The molecule has 0 aromatic heterocycles. The van der Waals surface area contributed by atoms with E-state index in [-0.39, 0.29) is 52.0 Å². The molecule has 0 fully saturated rings. The lowest BCUT2D eigenvalue weighted by atomic mass is 9.67. The number of ketones is 2. The molecule has 2 unspecified atom stereocenters. The zero-order valence-corrected chi connectivity index (χ0v) is 25.9. The molecule has 1 heterocycles. The molecule has 0 radical (unpaired) electrons. The Labute approximate surface area is 245 Å². The number of fused-ring (bicyclic) bond motifs is 2. The van der Waals surface area contributed by atoms with Crippen LogP contribution in [0.4, 0.5) is 11.4 Å². The fourth-order valence-corrected chi connectivity index (χ4v) is 8.18. The molecule has 1 aliphatic carbocycles. The van der Waals surface area contributed by atoms with Crippen molar-refractivity contribution in [1.29, 1.82) is 0 Å². The fourth-order valence-electron chi connectivity index (χ4n) is 5.03. The molecule has 0 amide bonds. The maximum atomic E-state index is 14.5. The van der Waals surface area contributed by atoms with Crippen LogP contribution in [0.2, 0.25) is 0 Å². The van der Waals surface area contributed by atoms with E-state index < -0.39 is 58.9 Å². The first-order chi connectivity index (χ1) is 19.5. The number of anilines is 2. The summed E-state index contributed by atoms with van der Waals surface area (Å²) in [4.78, 5) is 27.9.